The average molecular weight is 410 g/mol. The third-order valence-corrected chi connectivity index (χ3v) is 4.82. The molecule has 10 nitrogen and oxygen atoms in total. The monoisotopic (exact) mass is 409 g/mol. The summed E-state index contributed by atoms with van der Waals surface area (Å²) >= 11 is 0. The zero-order chi connectivity index (χ0) is 20.9. The lowest BCUT2D eigenvalue weighted by Crippen LogP contribution is -2.28. The molecular formula is C17H27N7O3S. The number of hydrogen-bond donors (Lipinski definition) is 4. The summed E-state index contributed by atoms with van der Waals surface area (Å²) in [7, 11) is -2.33. The Morgan fingerprint density at radius 1 is 1.46 bits per heavy atom. The van der Waals surface area contributed by atoms with E-state index in [2.05, 4.69) is 22.0 Å². The van der Waals surface area contributed by atoms with Gasteiger partial charge in [-0.05, 0) is 25.8 Å². The highest BCUT2D eigenvalue weighted by Crippen LogP contribution is 2.18. The van der Waals surface area contributed by atoms with Gasteiger partial charge in [0.2, 0.25) is 0 Å². The molecule has 1 aliphatic heterocycles. The highest BCUT2D eigenvalue weighted by atomic mass is 32.2. The quantitative estimate of drug-likeness (QED) is 0.138. The van der Waals surface area contributed by atoms with Crippen LogP contribution in [0.4, 0.5) is 0 Å². The Morgan fingerprint density at radius 2 is 2.18 bits per heavy atom. The van der Waals surface area contributed by atoms with Crippen LogP contribution in [0.3, 0.4) is 0 Å². The van der Waals surface area contributed by atoms with E-state index in [1.807, 2.05) is 11.5 Å². The van der Waals surface area contributed by atoms with E-state index in [-0.39, 0.29) is 4.91 Å². The maximum Gasteiger partial charge on any atom is 0.294 e. The van der Waals surface area contributed by atoms with Crippen molar-refractivity contribution >= 4 is 16.0 Å². The number of nitrogens with one attached hydrogen (secondary N) is 1. The third kappa shape index (κ3) is 5.76. The van der Waals surface area contributed by atoms with Gasteiger partial charge in [0.05, 0.1) is 16.3 Å². The summed E-state index contributed by atoms with van der Waals surface area (Å²) in [5, 5.41) is 8.44. The lowest BCUT2D eigenvalue weighted by atomic mass is 10.2. The van der Waals surface area contributed by atoms with Gasteiger partial charge >= 0.3 is 0 Å². The van der Waals surface area contributed by atoms with E-state index in [1.165, 1.54) is 17.3 Å². The highest BCUT2D eigenvalue weighted by molar-refractivity contribution is 7.90. The SMILES string of the molecule is C=C(C)Cn1c(/C(N)=N/N(C)N)nc2c1CNC2.O=S(=O)(O)C1=CCCC=C1. The molecule has 28 heavy (non-hydrogen) atoms. The number of hydrazone groups is 1. The predicted molar refractivity (Wildman–Crippen MR) is 108 cm³/mol. The minimum Gasteiger partial charge on any atom is -0.379 e. The van der Waals surface area contributed by atoms with Crippen LogP contribution >= 0.6 is 0 Å². The van der Waals surface area contributed by atoms with Gasteiger partial charge < -0.3 is 15.6 Å². The molecule has 0 radical (unpaired) electrons. The molecule has 1 aliphatic carbocycles. The number of rotatable bonds is 5. The maximum atomic E-state index is 10.4. The van der Waals surface area contributed by atoms with E-state index in [1.54, 1.807) is 13.1 Å². The second-order valence-electron chi connectivity index (χ2n) is 6.60. The zero-order valence-electron chi connectivity index (χ0n) is 16.1. The van der Waals surface area contributed by atoms with Gasteiger partial charge in [-0.2, -0.15) is 8.42 Å². The van der Waals surface area contributed by atoms with Crippen LogP contribution in [-0.4, -0.2) is 40.5 Å². The summed E-state index contributed by atoms with van der Waals surface area (Å²) in [6.07, 6.45) is 6.18. The summed E-state index contributed by atoms with van der Waals surface area (Å²) in [4.78, 5) is 4.53. The van der Waals surface area contributed by atoms with Gasteiger partial charge in [-0.25, -0.2) is 15.9 Å². The maximum absolute atomic E-state index is 10.4. The van der Waals surface area contributed by atoms with Gasteiger partial charge in [0.25, 0.3) is 10.1 Å². The number of hydrogen-bond acceptors (Lipinski definition) is 7. The summed E-state index contributed by atoms with van der Waals surface area (Å²) in [6.45, 7) is 8.14. The topological polar surface area (TPSA) is 152 Å². The van der Waals surface area contributed by atoms with Crippen molar-refractivity contribution in [3.05, 3.63) is 52.5 Å². The lowest BCUT2D eigenvalue weighted by molar-refractivity contribution is 0.371. The summed E-state index contributed by atoms with van der Waals surface area (Å²) in [5.74, 6) is 6.44. The first-order valence-electron chi connectivity index (χ1n) is 8.70. The number of fused-ring (bicyclic) bond motifs is 1. The van der Waals surface area contributed by atoms with Crippen LogP contribution < -0.4 is 16.9 Å². The fraction of sp³-hybridized carbons (Fsp3) is 0.412. The molecule has 0 atom stereocenters. The van der Waals surface area contributed by atoms with Crippen LogP contribution in [0.15, 0.2) is 40.4 Å². The van der Waals surface area contributed by atoms with Crippen molar-refractivity contribution in [3.8, 4) is 0 Å². The molecule has 0 fully saturated rings. The summed E-state index contributed by atoms with van der Waals surface area (Å²) < 4.78 is 31.4. The number of imidazole rings is 1. The smallest absolute Gasteiger partial charge is 0.294 e. The van der Waals surface area contributed by atoms with Crippen LogP contribution in [-0.2, 0) is 29.8 Å². The standard InChI is InChI=1S/C11H19N7.C6H8O3S/c1-7(2)6-18-9-5-14-4-8(9)15-11(18)10(12)16-17(3)13;7-10(8,9)6-4-2-1-3-5-6/h14H,1,4-6,13H2,2-3H3,(H2,12,16);2,4-5H,1,3H2,(H,7,8,9). The van der Waals surface area contributed by atoms with Crippen molar-refractivity contribution in [2.45, 2.75) is 39.4 Å². The molecule has 0 aromatic carbocycles. The zero-order valence-corrected chi connectivity index (χ0v) is 16.9. The summed E-state index contributed by atoms with van der Waals surface area (Å²) in [5.41, 5.74) is 9.13. The molecule has 0 saturated heterocycles. The Hall–Kier alpha value is -2.47. The van der Waals surface area contributed by atoms with Crippen LogP contribution in [0.2, 0.25) is 0 Å². The molecule has 0 saturated carbocycles. The molecule has 0 bridgehead atoms. The van der Waals surface area contributed by atoms with E-state index in [9.17, 15) is 8.42 Å². The Kier molecular flexibility index (Phi) is 7.13. The van der Waals surface area contributed by atoms with E-state index in [0.717, 1.165) is 36.5 Å². The van der Waals surface area contributed by atoms with Crippen LogP contribution in [0.1, 0.15) is 37.0 Å². The van der Waals surface area contributed by atoms with Crippen LogP contribution in [0.5, 0.6) is 0 Å². The van der Waals surface area contributed by atoms with Crippen molar-refractivity contribution in [2.24, 2.45) is 16.7 Å². The first kappa shape index (κ1) is 21.8. The number of amidine groups is 1. The molecule has 1 aromatic heterocycles. The largest absolute Gasteiger partial charge is 0.379 e. The van der Waals surface area contributed by atoms with Crippen molar-refractivity contribution in [2.75, 3.05) is 7.05 Å². The van der Waals surface area contributed by atoms with Crippen molar-refractivity contribution < 1.29 is 13.0 Å². The van der Waals surface area contributed by atoms with E-state index in [0.29, 0.717) is 24.6 Å². The molecular weight excluding hydrogens is 382 g/mol. The fourth-order valence-corrected chi connectivity index (χ4v) is 3.40. The highest BCUT2D eigenvalue weighted by Gasteiger charge is 2.22. The molecule has 0 amide bonds. The molecule has 0 unspecified atom stereocenters. The van der Waals surface area contributed by atoms with E-state index < -0.39 is 10.1 Å². The Morgan fingerprint density at radius 3 is 2.68 bits per heavy atom. The second kappa shape index (κ2) is 9.15. The Bertz CT molecular complexity index is 927. The first-order valence-corrected chi connectivity index (χ1v) is 10.1. The Labute approximate surface area is 165 Å². The van der Waals surface area contributed by atoms with Gasteiger partial charge in [-0.15, -0.1) is 5.10 Å². The average Bonchev–Trinajstić information content (AvgIpc) is 3.17. The number of nitrogens with two attached hydrogens (primary N) is 2. The normalized spacial score (nSPS) is 16.1. The molecule has 0 spiro atoms. The fourth-order valence-electron chi connectivity index (χ4n) is 2.81. The molecule has 154 valence electrons. The minimum absolute atomic E-state index is 0.0127. The second-order valence-corrected chi connectivity index (χ2v) is 8.02. The van der Waals surface area contributed by atoms with Crippen LogP contribution in [0.25, 0.3) is 0 Å². The van der Waals surface area contributed by atoms with E-state index >= 15 is 0 Å². The van der Waals surface area contributed by atoms with Gasteiger partial charge in [0, 0.05) is 26.7 Å². The van der Waals surface area contributed by atoms with Gasteiger partial charge in [0.1, 0.15) is 0 Å². The van der Waals surface area contributed by atoms with Crippen molar-refractivity contribution in [3.63, 3.8) is 0 Å². The van der Waals surface area contributed by atoms with Crippen LogP contribution in [0, 0.1) is 0 Å². The Balaban J connectivity index is 0.000000237. The number of nitrogens with zero attached hydrogens (tertiary/aromatic N) is 4. The van der Waals surface area contributed by atoms with Gasteiger partial charge in [0.15, 0.2) is 11.7 Å². The molecule has 2 heterocycles. The van der Waals surface area contributed by atoms with Crippen molar-refractivity contribution in [1.82, 2.24) is 20.0 Å². The summed E-state index contributed by atoms with van der Waals surface area (Å²) in [6, 6.07) is 0. The molecule has 3 rings (SSSR count). The molecule has 6 N–H and O–H groups in total. The van der Waals surface area contributed by atoms with E-state index in [4.69, 9.17) is 16.1 Å². The number of aromatic nitrogens is 2. The first-order chi connectivity index (χ1) is 13.1. The van der Waals surface area contributed by atoms with Crippen molar-refractivity contribution in [1.29, 1.82) is 0 Å². The van der Waals surface area contributed by atoms with Gasteiger partial charge in [-0.3, -0.25) is 4.55 Å². The van der Waals surface area contributed by atoms with Gasteiger partial charge in [-0.1, -0.05) is 24.3 Å². The lowest BCUT2D eigenvalue weighted by Gasteiger charge is -2.11. The minimum atomic E-state index is -3.95. The molecule has 11 heteroatoms. The number of hydrazine groups is 1. The molecule has 2 aliphatic rings. The third-order valence-electron chi connectivity index (χ3n) is 3.92. The predicted octanol–water partition coefficient (Wildman–Crippen LogP) is 0.596. The number of allylic oxidation sites excluding steroid dienone is 4. The molecule has 1 aromatic rings.